The number of aryl methyl sites for hydroxylation is 1. The van der Waals surface area contributed by atoms with E-state index in [4.69, 9.17) is 25.2 Å². The van der Waals surface area contributed by atoms with Crippen LogP contribution in [0.15, 0.2) is 62.4 Å². The van der Waals surface area contributed by atoms with Gasteiger partial charge in [0.1, 0.15) is 11.1 Å². The molecule has 2 aromatic carbocycles. The number of ether oxygens (including phenoxy) is 1. The van der Waals surface area contributed by atoms with Gasteiger partial charge < -0.3 is 13.6 Å². The second-order valence-electron chi connectivity index (χ2n) is 8.46. The van der Waals surface area contributed by atoms with Crippen molar-refractivity contribution in [2.45, 2.75) is 19.8 Å². The van der Waals surface area contributed by atoms with Crippen molar-refractivity contribution < 1.29 is 32.9 Å². The van der Waals surface area contributed by atoms with Gasteiger partial charge in [0.2, 0.25) is 16.9 Å². The monoisotopic (exact) mass is 536 g/mol. The first-order chi connectivity index (χ1) is 18.2. The van der Waals surface area contributed by atoms with Crippen molar-refractivity contribution >= 4 is 46.0 Å². The van der Waals surface area contributed by atoms with Crippen LogP contribution in [0, 0.1) is 17.0 Å². The highest BCUT2D eigenvalue weighted by Gasteiger charge is 2.40. The predicted molar refractivity (Wildman–Crippen MR) is 133 cm³/mol. The van der Waals surface area contributed by atoms with E-state index in [0.29, 0.717) is 10.6 Å². The molecule has 38 heavy (non-hydrogen) atoms. The zero-order valence-corrected chi connectivity index (χ0v) is 20.4. The summed E-state index contributed by atoms with van der Waals surface area (Å²) in [5, 5.41) is 11.7. The Morgan fingerprint density at radius 2 is 1.92 bits per heavy atom. The first kappa shape index (κ1) is 24.9. The molecular formula is C26H17ClN2O9. The number of hydrogen-bond acceptors (Lipinski definition) is 9. The number of furan rings is 1. The van der Waals surface area contributed by atoms with E-state index in [1.807, 2.05) is 0 Å². The molecule has 1 aliphatic rings. The minimum absolute atomic E-state index is 0.0158. The van der Waals surface area contributed by atoms with Crippen LogP contribution in [-0.4, -0.2) is 34.2 Å². The van der Waals surface area contributed by atoms with Crippen LogP contribution in [0.3, 0.4) is 0 Å². The fourth-order valence-electron chi connectivity index (χ4n) is 4.18. The summed E-state index contributed by atoms with van der Waals surface area (Å²) in [4.78, 5) is 62.7. The first-order valence-corrected chi connectivity index (χ1v) is 11.7. The fraction of sp³-hybridized carbons (Fsp3) is 0.154. The van der Waals surface area contributed by atoms with Gasteiger partial charge in [0.05, 0.1) is 22.1 Å². The molecule has 0 aliphatic carbocycles. The van der Waals surface area contributed by atoms with Crippen molar-refractivity contribution in [1.29, 1.82) is 0 Å². The second kappa shape index (κ2) is 9.60. The number of carbonyl (C=O) groups excluding carboxylic acids is 3. The number of rotatable bonds is 7. The Bertz CT molecular complexity index is 1710. The summed E-state index contributed by atoms with van der Waals surface area (Å²) in [6.07, 6.45) is 1.07. The number of nitro benzene ring substituents is 1. The molecule has 0 radical (unpaired) electrons. The average Bonchev–Trinajstić information content (AvgIpc) is 3.50. The van der Waals surface area contributed by atoms with Gasteiger partial charge in [-0.3, -0.25) is 34.2 Å². The van der Waals surface area contributed by atoms with Crippen molar-refractivity contribution in [2.24, 2.45) is 0 Å². The van der Waals surface area contributed by atoms with Gasteiger partial charge in [-0.15, -0.1) is 0 Å². The van der Waals surface area contributed by atoms with Gasteiger partial charge in [-0.05, 0) is 49.2 Å². The molecule has 0 saturated heterocycles. The lowest BCUT2D eigenvalue weighted by Gasteiger charge is -2.13. The van der Waals surface area contributed by atoms with Gasteiger partial charge in [0.25, 0.3) is 17.5 Å². The number of hydrogen-bond donors (Lipinski definition) is 0. The van der Waals surface area contributed by atoms with Crippen LogP contribution in [0.25, 0.3) is 22.5 Å². The molecule has 0 spiro atoms. The molecular weight excluding hydrogens is 520 g/mol. The van der Waals surface area contributed by atoms with Crippen LogP contribution < -0.4 is 10.2 Å². The Morgan fingerprint density at radius 3 is 2.63 bits per heavy atom. The molecule has 11 nitrogen and oxygen atoms in total. The van der Waals surface area contributed by atoms with Crippen molar-refractivity contribution in [3.63, 3.8) is 0 Å². The van der Waals surface area contributed by atoms with E-state index in [9.17, 15) is 29.3 Å². The number of imide groups is 1. The summed E-state index contributed by atoms with van der Waals surface area (Å²) in [5.74, 6) is -2.65. The summed E-state index contributed by atoms with van der Waals surface area (Å²) in [6, 6.07) is 9.91. The molecule has 0 fully saturated rings. The third-order valence-electron chi connectivity index (χ3n) is 6.03. The second-order valence-corrected chi connectivity index (χ2v) is 8.87. The summed E-state index contributed by atoms with van der Waals surface area (Å²) >= 11 is 6.17. The van der Waals surface area contributed by atoms with Crippen LogP contribution in [-0.2, 0) is 4.79 Å². The van der Waals surface area contributed by atoms with E-state index in [1.54, 1.807) is 19.1 Å². The molecule has 192 valence electrons. The molecule has 1 aliphatic heterocycles. The van der Waals surface area contributed by atoms with Gasteiger partial charge in [0.15, 0.2) is 5.76 Å². The van der Waals surface area contributed by atoms with E-state index < -0.39 is 39.6 Å². The minimum Gasteiger partial charge on any atom is -0.461 e. The van der Waals surface area contributed by atoms with Gasteiger partial charge >= 0.3 is 5.97 Å². The SMILES string of the molecule is Cc1cc2oc(-c3ccco3)c(OC(=O)CCCN3C(=O)c4cccc([N+](=O)[O-])c4C3=O)c(=O)c2cc1Cl. The van der Waals surface area contributed by atoms with Crippen LogP contribution in [0.1, 0.15) is 39.1 Å². The topological polar surface area (TPSA) is 150 Å². The number of nitro groups is 1. The first-order valence-electron chi connectivity index (χ1n) is 11.3. The van der Waals surface area contributed by atoms with Crippen LogP contribution in [0.2, 0.25) is 5.02 Å². The Morgan fingerprint density at radius 1 is 1.13 bits per heavy atom. The third kappa shape index (κ3) is 4.22. The molecule has 0 unspecified atom stereocenters. The summed E-state index contributed by atoms with van der Waals surface area (Å²) in [6.45, 7) is 1.56. The highest BCUT2D eigenvalue weighted by molar-refractivity contribution is 6.32. The average molecular weight is 537 g/mol. The predicted octanol–water partition coefficient (Wildman–Crippen LogP) is 4.90. The van der Waals surface area contributed by atoms with E-state index >= 15 is 0 Å². The number of halogens is 1. The maximum Gasteiger partial charge on any atom is 0.311 e. The molecule has 2 aromatic heterocycles. The number of benzene rings is 2. The maximum absolute atomic E-state index is 13.2. The quantitative estimate of drug-likeness (QED) is 0.139. The van der Waals surface area contributed by atoms with E-state index in [1.165, 1.54) is 30.5 Å². The van der Waals surface area contributed by atoms with Gasteiger partial charge in [-0.25, -0.2) is 0 Å². The highest BCUT2D eigenvalue weighted by atomic mass is 35.5. The number of fused-ring (bicyclic) bond motifs is 2. The van der Waals surface area contributed by atoms with Crippen LogP contribution in [0.4, 0.5) is 5.69 Å². The lowest BCUT2D eigenvalue weighted by Crippen LogP contribution is -2.31. The number of amides is 2. The van der Waals surface area contributed by atoms with Crippen molar-refractivity contribution in [3.05, 3.63) is 90.8 Å². The fourth-order valence-corrected chi connectivity index (χ4v) is 4.34. The number of esters is 1. The van der Waals surface area contributed by atoms with Crippen LogP contribution >= 0.6 is 11.6 Å². The minimum atomic E-state index is -0.828. The smallest absolute Gasteiger partial charge is 0.311 e. The van der Waals surface area contributed by atoms with Gasteiger partial charge in [0, 0.05) is 24.1 Å². The molecule has 0 atom stereocenters. The zero-order chi connectivity index (χ0) is 27.1. The molecule has 12 heteroatoms. The van der Waals surface area contributed by atoms with Gasteiger partial charge in [-0.1, -0.05) is 17.7 Å². The number of nitrogens with zero attached hydrogens (tertiary/aromatic N) is 2. The Labute approximate surface area is 218 Å². The molecule has 2 amide bonds. The Hall–Kier alpha value is -4.77. The maximum atomic E-state index is 13.2. The van der Waals surface area contributed by atoms with E-state index in [0.717, 1.165) is 11.0 Å². The Balaban J connectivity index is 1.35. The van der Waals surface area contributed by atoms with E-state index in [-0.39, 0.29) is 53.0 Å². The standard InChI is InChI=1S/C26H17ClN2O9/c1-13-11-19-15(12-16(13)27)22(31)24(23(37-19)18-7-4-10-36-18)38-20(30)8-3-9-28-25(32)14-5-2-6-17(29(34)35)21(14)26(28)33/h2,4-7,10-12H,3,8-9H2,1H3. The lowest BCUT2D eigenvalue weighted by atomic mass is 10.1. The van der Waals surface area contributed by atoms with Crippen molar-refractivity contribution in [2.75, 3.05) is 6.54 Å². The zero-order valence-electron chi connectivity index (χ0n) is 19.7. The molecule has 3 heterocycles. The summed E-state index contributed by atoms with van der Waals surface area (Å²) < 4.78 is 16.6. The largest absolute Gasteiger partial charge is 0.461 e. The number of carbonyl (C=O) groups is 3. The van der Waals surface area contributed by atoms with Gasteiger partial charge in [-0.2, -0.15) is 0 Å². The summed E-state index contributed by atoms with van der Waals surface area (Å²) in [7, 11) is 0. The van der Waals surface area contributed by atoms with Crippen molar-refractivity contribution in [1.82, 2.24) is 4.90 Å². The summed E-state index contributed by atoms with van der Waals surface area (Å²) in [5.41, 5.74) is -0.556. The molecule has 4 aromatic rings. The molecule has 0 saturated carbocycles. The van der Waals surface area contributed by atoms with Crippen molar-refractivity contribution in [3.8, 4) is 17.3 Å². The molecule has 5 rings (SSSR count). The Kier molecular flexibility index (Phi) is 6.29. The van der Waals surface area contributed by atoms with Crippen LogP contribution in [0.5, 0.6) is 5.75 Å². The molecule has 0 bridgehead atoms. The lowest BCUT2D eigenvalue weighted by molar-refractivity contribution is -0.385. The normalized spacial score (nSPS) is 12.7. The van der Waals surface area contributed by atoms with E-state index in [2.05, 4.69) is 0 Å². The molecule has 0 N–H and O–H groups in total. The third-order valence-corrected chi connectivity index (χ3v) is 6.43. The highest BCUT2D eigenvalue weighted by Crippen LogP contribution is 2.34.